The van der Waals surface area contributed by atoms with Gasteiger partial charge >= 0.3 is 11.9 Å². The van der Waals surface area contributed by atoms with Gasteiger partial charge in [-0.3, -0.25) is 0 Å². The third-order valence-electron chi connectivity index (χ3n) is 4.22. The summed E-state index contributed by atoms with van der Waals surface area (Å²) in [6, 6.07) is 7.30. The molecular weight excluding hydrogens is 296 g/mol. The zero-order valence-corrected chi connectivity index (χ0v) is 13.4. The molecule has 0 spiro atoms. The van der Waals surface area contributed by atoms with Gasteiger partial charge in [0.15, 0.2) is 0 Å². The normalized spacial score (nSPS) is 28.8. The van der Waals surface area contributed by atoms with E-state index in [0.717, 1.165) is 18.4 Å². The number of ether oxygens (including phenoxy) is 4. The van der Waals surface area contributed by atoms with Gasteiger partial charge in [-0.15, -0.1) is 0 Å². The minimum Gasteiger partial charge on any atom is -0.459 e. The van der Waals surface area contributed by atoms with Crippen LogP contribution in [0.1, 0.15) is 30.9 Å². The van der Waals surface area contributed by atoms with E-state index in [2.05, 4.69) is 23.5 Å². The molecule has 5 nitrogen and oxygen atoms in total. The molecule has 0 unspecified atom stereocenters. The van der Waals surface area contributed by atoms with Crippen LogP contribution >= 0.6 is 0 Å². The van der Waals surface area contributed by atoms with Crippen molar-refractivity contribution in [3.8, 4) is 11.8 Å². The Morgan fingerprint density at radius 2 is 1.78 bits per heavy atom. The van der Waals surface area contributed by atoms with Crippen molar-refractivity contribution in [1.82, 2.24) is 0 Å². The Morgan fingerprint density at radius 3 is 2.30 bits per heavy atom. The maximum Gasteiger partial charge on any atom is 0.384 e. The smallest absolute Gasteiger partial charge is 0.384 e. The first kappa shape index (κ1) is 16.0. The summed E-state index contributed by atoms with van der Waals surface area (Å²) in [6.45, 7) is 4.08. The molecule has 0 aromatic heterocycles. The fourth-order valence-electron chi connectivity index (χ4n) is 2.92. The van der Waals surface area contributed by atoms with Crippen LogP contribution in [0.25, 0.3) is 0 Å². The van der Waals surface area contributed by atoms with E-state index >= 15 is 0 Å². The zero-order valence-electron chi connectivity index (χ0n) is 13.4. The maximum atomic E-state index is 11.0. The molecule has 0 saturated carbocycles. The van der Waals surface area contributed by atoms with E-state index in [1.54, 1.807) is 12.1 Å². The molecule has 3 aliphatic rings. The summed E-state index contributed by atoms with van der Waals surface area (Å²) in [5.74, 6) is 3.47. The molecule has 122 valence electrons. The Kier molecular flexibility index (Phi) is 4.40. The Bertz CT molecular complexity index is 613. The van der Waals surface area contributed by atoms with Gasteiger partial charge in [-0.1, -0.05) is 19.3 Å². The SMILES string of the molecule is CCCC12COC(c3ccc(C#CC(=O)OC)cc3)(OC1)OC2. The molecule has 4 rings (SSSR count). The predicted octanol–water partition coefficient (Wildman–Crippen LogP) is 2.18. The monoisotopic (exact) mass is 316 g/mol. The van der Waals surface area contributed by atoms with Crippen LogP contribution in [0.2, 0.25) is 0 Å². The van der Waals surface area contributed by atoms with Crippen molar-refractivity contribution in [3.63, 3.8) is 0 Å². The van der Waals surface area contributed by atoms with E-state index in [4.69, 9.17) is 14.2 Å². The summed E-state index contributed by atoms with van der Waals surface area (Å²) in [5.41, 5.74) is 1.50. The molecule has 1 aromatic rings. The van der Waals surface area contributed by atoms with Gasteiger partial charge in [0.25, 0.3) is 0 Å². The van der Waals surface area contributed by atoms with Crippen molar-refractivity contribution in [1.29, 1.82) is 0 Å². The molecule has 0 N–H and O–H groups in total. The third kappa shape index (κ3) is 3.11. The van der Waals surface area contributed by atoms with E-state index in [9.17, 15) is 4.79 Å². The number of carbonyl (C=O) groups is 1. The molecule has 23 heavy (non-hydrogen) atoms. The quantitative estimate of drug-likeness (QED) is 0.632. The van der Waals surface area contributed by atoms with Crippen LogP contribution in [0.3, 0.4) is 0 Å². The second kappa shape index (κ2) is 6.32. The fraction of sp³-hybridized carbons (Fsp3) is 0.500. The molecule has 3 fully saturated rings. The number of esters is 1. The highest BCUT2D eigenvalue weighted by molar-refractivity contribution is 5.88. The molecule has 0 aliphatic carbocycles. The molecule has 2 bridgehead atoms. The largest absolute Gasteiger partial charge is 0.459 e. The third-order valence-corrected chi connectivity index (χ3v) is 4.22. The second-order valence-corrected chi connectivity index (χ2v) is 5.99. The van der Waals surface area contributed by atoms with E-state index in [0.29, 0.717) is 25.4 Å². The molecular formula is C18H20O5. The Balaban J connectivity index is 1.73. The first-order valence-corrected chi connectivity index (χ1v) is 7.74. The number of methoxy groups -OCH3 is 1. The number of rotatable bonds is 3. The molecule has 0 radical (unpaired) electrons. The van der Waals surface area contributed by atoms with Gasteiger partial charge in [-0.2, -0.15) is 0 Å². The molecule has 1 aromatic carbocycles. The van der Waals surface area contributed by atoms with Crippen LogP contribution in [0, 0.1) is 17.3 Å². The van der Waals surface area contributed by atoms with Gasteiger partial charge < -0.3 is 18.9 Å². The highest BCUT2D eigenvalue weighted by atomic mass is 16.9. The number of hydrogen-bond donors (Lipinski definition) is 0. The van der Waals surface area contributed by atoms with Crippen LogP contribution in [-0.4, -0.2) is 32.9 Å². The molecule has 0 atom stereocenters. The summed E-state index contributed by atoms with van der Waals surface area (Å²) in [5, 5.41) is 0. The van der Waals surface area contributed by atoms with Crippen molar-refractivity contribution in [2.24, 2.45) is 5.41 Å². The molecule has 3 aliphatic heterocycles. The van der Waals surface area contributed by atoms with Crippen molar-refractivity contribution >= 4 is 5.97 Å². The van der Waals surface area contributed by atoms with E-state index in [1.807, 2.05) is 12.1 Å². The molecule has 0 amide bonds. The van der Waals surface area contributed by atoms with Gasteiger partial charge in [-0.05, 0) is 30.7 Å². The average molecular weight is 316 g/mol. The number of fused-ring (bicyclic) bond motifs is 3. The Labute approximate surface area is 135 Å². The lowest BCUT2D eigenvalue weighted by Crippen LogP contribution is -2.58. The Morgan fingerprint density at radius 1 is 1.17 bits per heavy atom. The fourth-order valence-corrected chi connectivity index (χ4v) is 2.92. The van der Waals surface area contributed by atoms with Crippen LogP contribution < -0.4 is 0 Å². The summed E-state index contributed by atoms with van der Waals surface area (Å²) in [4.78, 5) is 11.0. The average Bonchev–Trinajstić information content (AvgIpc) is 2.62. The van der Waals surface area contributed by atoms with Gasteiger partial charge in [0.1, 0.15) is 0 Å². The van der Waals surface area contributed by atoms with Crippen molar-refractivity contribution < 1.29 is 23.7 Å². The topological polar surface area (TPSA) is 54.0 Å². The van der Waals surface area contributed by atoms with E-state index < -0.39 is 11.9 Å². The number of benzene rings is 1. The number of hydrogen-bond acceptors (Lipinski definition) is 5. The van der Waals surface area contributed by atoms with Crippen LogP contribution in [0.15, 0.2) is 24.3 Å². The minimum atomic E-state index is -1.11. The van der Waals surface area contributed by atoms with Crippen molar-refractivity contribution in [2.45, 2.75) is 25.7 Å². The maximum absolute atomic E-state index is 11.0. The Hall–Kier alpha value is -1.87. The molecule has 3 heterocycles. The second-order valence-electron chi connectivity index (χ2n) is 5.99. The predicted molar refractivity (Wildman–Crippen MR) is 82.2 cm³/mol. The van der Waals surface area contributed by atoms with Gasteiger partial charge in [-0.25, -0.2) is 4.79 Å². The minimum absolute atomic E-state index is 0.0115. The summed E-state index contributed by atoms with van der Waals surface area (Å²) in [6.07, 6.45) is 2.11. The van der Waals surface area contributed by atoms with Crippen molar-refractivity contribution in [3.05, 3.63) is 35.4 Å². The van der Waals surface area contributed by atoms with E-state index in [-0.39, 0.29) is 5.41 Å². The summed E-state index contributed by atoms with van der Waals surface area (Å²) in [7, 11) is 1.30. The first-order valence-electron chi connectivity index (χ1n) is 7.74. The highest BCUT2D eigenvalue weighted by Gasteiger charge is 2.53. The molecule has 3 saturated heterocycles. The van der Waals surface area contributed by atoms with E-state index in [1.165, 1.54) is 7.11 Å². The standard InChI is InChI=1S/C18H20O5/c1-3-10-17-11-21-18(22-12-17,23-13-17)15-7-4-14(5-8-15)6-9-16(19)20-2/h4-5,7-8H,3,10-13H2,1-2H3. The lowest BCUT2D eigenvalue weighted by Gasteiger charge is -2.51. The first-order chi connectivity index (χ1) is 11.1. The van der Waals surface area contributed by atoms with Gasteiger partial charge in [0.2, 0.25) is 0 Å². The lowest BCUT2D eigenvalue weighted by molar-refractivity contribution is -0.480. The van der Waals surface area contributed by atoms with Crippen molar-refractivity contribution in [2.75, 3.05) is 26.9 Å². The zero-order chi connectivity index (χ0) is 16.3. The number of carbonyl (C=O) groups excluding carboxylic acids is 1. The van der Waals surface area contributed by atoms with Crippen LogP contribution in [0.5, 0.6) is 0 Å². The summed E-state index contributed by atoms with van der Waals surface area (Å²) >= 11 is 0. The van der Waals surface area contributed by atoms with Gasteiger partial charge in [0, 0.05) is 22.5 Å². The van der Waals surface area contributed by atoms with Crippen LogP contribution in [-0.2, 0) is 29.7 Å². The van der Waals surface area contributed by atoms with Crippen LogP contribution in [0.4, 0.5) is 0 Å². The van der Waals surface area contributed by atoms with Gasteiger partial charge in [0.05, 0.1) is 26.9 Å². The summed E-state index contributed by atoms with van der Waals surface area (Å²) < 4.78 is 22.2. The highest BCUT2D eigenvalue weighted by Crippen LogP contribution is 2.46. The lowest BCUT2D eigenvalue weighted by atomic mass is 9.83. The molecule has 5 heteroatoms.